The molecule has 1 unspecified atom stereocenters. The summed E-state index contributed by atoms with van der Waals surface area (Å²) in [5.41, 5.74) is 2.25. The smallest absolute Gasteiger partial charge is 0.332 e. The minimum atomic E-state index is -0.636. The van der Waals surface area contributed by atoms with Crippen molar-refractivity contribution in [1.29, 1.82) is 0 Å². The molecule has 0 aliphatic rings. The summed E-state index contributed by atoms with van der Waals surface area (Å²) in [4.78, 5) is 28.9. The van der Waals surface area contributed by atoms with Crippen LogP contribution in [0.25, 0.3) is 11.2 Å². The van der Waals surface area contributed by atoms with Crippen LogP contribution in [0.1, 0.15) is 44.7 Å². The molecule has 33 heavy (non-hydrogen) atoms. The van der Waals surface area contributed by atoms with Gasteiger partial charge < -0.3 is 15.0 Å². The first kappa shape index (κ1) is 24.9. The van der Waals surface area contributed by atoms with Gasteiger partial charge in [0.05, 0.1) is 11.9 Å². The zero-order valence-electron chi connectivity index (χ0n) is 20.5. The summed E-state index contributed by atoms with van der Waals surface area (Å²) >= 11 is 0. The first-order chi connectivity index (χ1) is 15.6. The van der Waals surface area contributed by atoms with E-state index in [-0.39, 0.29) is 17.2 Å². The number of hydrogen-bond acceptors (Lipinski definition) is 5. The fourth-order valence-electron chi connectivity index (χ4n) is 4.11. The lowest BCUT2D eigenvalue weighted by Gasteiger charge is -2.25. The van der Waals surface area contributed by atoms with Crippen molar-refractivity contribution in [3.8, 4) is 0 Å². The van der Waals surface area contributed by atoms with Crippen molar-refractivity contribution >= 4 is 11.2 Å². The predicted molar refractivity (Wildman–Crippen MR) is 132 cm³/mol. The van der Waals surface area contributed by atoms with Gasteiger partial charge in [-0.15, -0.1) is 0 Å². The maximum absolute atomic E-state index is 12.5. The molecule has 2 aromatic heterocycles. The Kier molecular flexibility index (Phi) is 7.92. The van der Waals surface area contributed by atoms with E-state index in [1.54, 1.807) is 13.4 Å². The SMILES string of the molecule is CC(CCCc1ccccc1CCNCCn1cnc2c1c(=O)n(C)c(=O)n2C)C(C)(C)O. The monoisotopic (exact) mass is 455 g/mol. The van der Waals surface area contributed by atoms with Gasteiger partial charge in [-0.2, -0.15) is 0 Å². The quantitative estimate of drug-likeness (QED) is 0.431. The molecule has 0 amide bonds. The molecule has 0 bridgehead atoms. The molecule has 0 saturated carbocycles. The molecule has 3 aromatic rings. The van der Waals surface area contributed by atoms with Crippen LogP contribution >= 0.6 is 0 Å². The van der Waals surface area contributed by atoms with Gasteiger partial charge in [0, 0.05) is 27.2 Å². The highest BCUT2D eigenvalue weighted by molar-refractivity contribution is 5.69. The average molecular weight is 456 g/mol. The summed E-state index contributed by atoms with van der Waals surface area (Å²) < 4.78 is 4.33. The Bertz CT molecular complexity index is 1200. The molecule has 0 spiro atoms. The van der Waals surface area contributed by atoms with Gasteiger partial charge >= 0.3 is 5.69 Å². The lowest BCUT2D eigenvalue weighted by molar-refractivity contribution is 0.0206. The molecule has 180 valence electrons. The third kappa shape index (κ3) is 5.81. The van der Waals surface area contributed by atoms with Gasteiger partial charge in [0.1, 0.15) is 0 Å². The molecule has 0 radical (unpaired) electrons. The third-order valence-electron chi connectivity index (χ3n) is 6.73. The average Bonchev–Trinajstić information content (AvgIpc) is 3.20. The Labute approximate surface area is 194 Å². The number of benzene rings is 1. The number of hydrogen-bond donors (Lipinski definition) is 2. The lowest BCUT2D eigenvalue weighted by Crippen LogP contribution is -2.37. The molecule has 1 aromatic carbocycles. The van der Waals surface area contributed by atoms with Crippen LogP contribution in [-0.4, -0.2) is 42.5 Å². The highest BCUT2D eigenvalue weighted by Crippen LogP contribution is 2.22. The van der Waals surface area contributed by atoms with E-state index in [2.05, 4.69) is 41.5 Å². The summed E-state index contributed by atoms with van der Waals surface area (Å²) in [6, 6.07) is 8.55. The van der Waals surface area contributed by atoms with Crippen LogP contribution in [0, 0.1) is 5.92 Å². The number of imidazole rings is 1. The van der Waals surface area contributed by atoms with Gasteiger partial charge in [0.2, 0.25) is 0 Å². The van der Waals surface area contributed by atoms with E-state index in [4.69, 9.17) is 0 Å². The van der Waals surface area contributed by atoms with Gasteiger partial charge in [0.15, 0.2) is 11.2 Å². The fourth-order valence-corrected chi connectivity index (χ4v) is 4.11. The van der Waals surface area contributed by atoms with E-state index >= 15 is 0 Å². The molecule has 0 aliphatic heterocycles. The summed E-state index contributed by atoms with van der Waals surface area (Å²) in [5.74, 6) is 0.268. The van der Waals surface area contributed by atoms with Crippen LogP contribution in [-0.2, 0) is 33.5 Å². The standard InChI is InChI=1S/C25H37N5O3/c1-18(25(2,3)33)9-8-12-19-10-6-7-11-20(19)13-14-26-15-16-30-17-27-22-21(30)23(31)29(5)24(32)28(22)4/h6-7,10-11,17-18,26,33H,8-9,12-16H2,1-5H3. The van der Waals surface area contributed by atoms with Gasteiger partial charge in [-0.1, -0.05) is 31.2 Å². The Morgan fingerprint density at radius 2 is 1.73 bits per heavy atom. The third-order valence-corrected chi connectivity index (χ3v) is 6.73. The minimum absolute atomic E-state index is 0.268. The number of aryl methyl sites for hydroxylation is 2. The van der Waals surface area contributed by atoms with Crippen LogP contribution < -0.4 is 16.6 Å². The Balaban J connectivity index is 1.52. The molecule has 8 nitrogen and oxygen atoms in total. The molecule has 1 atom stereocenters. The lowest BCUT2D eigenvalue weighted by atomic mass is 9.87. The van der Waals surface area contributed by atoms with Crippen molar-refractivity contribution in [3.63, 3.8) is 0 Å². The molecular formula is C25H37N5O3. The fraction of sp³-hybridized carbons (Fsp3) is 0.560. The molecule has 0 aliphatic carbocycles. The number of rotatable bonds is 11. The van der Waals surface area contributed by atoms with E-state index in [0.717, 1.165) is 36.8 Å². The molecular weight excluding hydrogens is 418 g/mol. The number of aliphatic hydroxyl groups is 1. The molecule has 0 saturated heterocycles. The highest BCUT2D eigenvalue weighted by atomic mass is 16.3. The molecule has 2 heterocycles. The van der Waals surface area contributed by atoms with Crippen molar-refractivity contribution in [2.24, 2.45) is 20.0 Å². The van der Waals surface area contributed by atoms with Gasteiger partial charge in [-0.05, 0) is 63.1 Å². The molecule has 0 fully saturated rings. The summed E-state index contributed by atoms with van der Waals surface area (Å²) in [5, 5.41) is 13.6. The number of nitrogens with one attached hydrogen (secondary N) is 1. The number of aromatic nitrogens is 4. The molecule has 3 rings (SSSR count). The second-order valence-electron chi connectivity index (χ2n) is 9.53. The molecule has 2 N–H and O–H groups in total. The predicted octanol–water partition coefficient (Wildman–Crippen LogP) is 2.00. The van der Waals surface area contributed by atoms with Crippen LogP contribution in [0.3, 0.4) is 0 Å². The van der Waals surface area contributed by atoms with Crippen LogP contribution in [0.5, 0.6) is 0 Å². The summed E-state index contributed by atoms with van der Waals surface area (Å²) in [6.45, 7) is 7.99. The maximum Gasteiger partial charge on any atom is 0.332 e. The van der Waals surface area contributed by atoms with Gasteiger partial charge in [-0.3, -0.25) is 13.9 Å². The Morgan fingerprint density at radius 1 is 1.06 bits per heavy atom. The zero-order valence-corrected chi connectivity index (χ0v) is 20.5. The Morgan fingerprint density at radius 3 is 2.39 bits per heavy atom. The van der Waals surface area contributed by atoms with Gasteiger partial charge in [0.25, 0.3) is 5.56 Å². The van der Waals surface area contributed by atoms with Crippen LogP contribution in [0.15, 0.2) is 40.2 Å². The van der Waals surface area contributed by atoms with E-state index in [9.17, 15) is 14.7 Å². The zero-order chi connectivity index (χ0) is 24.2. The largest absolute Gasteiger partial charge is 0.390 e. The first-order valence-electron chi connectivity index (χ1n) is 11.7. The van der Waals surface area contributed by atoms with Crippen molar-refractivity contribution in [2.75, 3.05) is 13.1 Å². The van der Waals surface area contributed by atoms with E-state index < -0.39 is 5.60 Å². The van der Waals surface area contributed by atoms with Crippen LogP contribution in [0.4, 0.5) is 0 Å². The van der Waals surface area contributed by atoms with Crippen molar-refractivity contribution < 1.29 is 5.11 Å². The first-order valence-corrected chi connectivity index (χ1v) is 11.7. The number of nitrogens with zero attached hydrogens (tertiary/aromatic N) is 4. The highest BCUT2D eigenvalue weighted by Gasteiger charge is 2.21. The van der Waals surface area contributed by atoms with Gasteiger partial charge in [-0.25, -0.2) is 9.78 Å². The Hall–Kier alpha value is -2.71. The number of fused-ring (bicyclic) bond motifs is 1. The van der Waals surface area contributed by atoms with Crippen molar-refractivity contribution in [1.82, 2.24) is 24.0 Å². The van der Waals surface area contributed by atoms with E-state index in [1.807, 2.05) is 18.4 Å². The summed E-state index contributed by atoms with van der Waals surface area (Å²) in [6.07, 6.45) is 5.62. The summed E-state index contributed by atoms with van der Waals surface area (Å²) in [7, 11) is 3.12. The second-order valence-corrected chi connectivity index (χ2v) is 9.53. The van der Waals surface area contributed by atoms with E-state index in [1.165, 1.54) is 22.7 Å². The van der Waals surface area contributed by atoms with E-state index in [0.29, 0.717) is 24.3 Å². The van der Waals surface area contributed by atoms with Crippen LogP contribution in [0.2, 0.25) is 0 Å². The normalized spacial score (nSPS) is 13.0. The minimum Gasteiger partial charge on any atom is -0.390 e. The second kappa shape index (κ2) is 10.5. The van der Waals surface area contributed by atoms with Crippen molar-refractivity contribution in [2.45, 2.75) is 58.6 Å². The molecule has 8 heteroatoms. The van der Waals surface area contributed by atoms with Crippen molar-refractivity contribution in [3.05, 3.63) is 62.6 Å². The maximum atomic E-state index is 12.5. The topological polar surface area (TPSA) is 94.1 Å².